The highest BCUT2D eigenvalue weighted by atomic mass is 79.9. The van der Waals surface area contributed by atoms with Crippen molar-refractivity contribution in [3.63, 3.8) is 0 Å². The minimum Gasteiger partial charge on any atom is -0.351 e. The Morgan fingerprint density at radius 2 is 2.14 bits per heavy atom. The lowest BCUT2D eigenvalue weighted by Crippen LogP contribution is -2.02. The zero-order valence-corrected chi connectivity index (χ0v) is 10.4. The number of aromatic nitrogens is 2. The van der Waals surface area contributed by atoms with Gasteiger partial charge in [-0.3, -0.25) is 4.55 Å². The van der Waals surface area contributed by atoms with Crippen LogP contribution >= 0.6 is 17.0 Å². The molecule has 1 heterocycles. The van der Waals surface area contributed by atoms with Gasteiger partial charge >= 0.3 is 0 Å². The summed E-state index contributed by atoms with van der Waals surface area (Å²) in [6.45, 7) is 1.87. The first kappa shape index (κ1) is 16.0. The van der Waals surface area contributed by atoms with Crippen LogP contribution in [0.4, 0.5) is 0 Å². The van der Waals surface area contributed by atoms with Crippen molar-refractivity contribution >= 4 is 27.1 Å². The van der Waals surface area contributed by atoms with Crippen molar-refractivity contribution in [1.29, 1.82) is 0 Å². The van der Waals surface area contributed by atoms with Crippen LogP contribution in [0.15, 0.2) is 18.7 Å². The molecule has 0 unspecified atom stereocenters. The van der Waals surface area contributed by atoms with Crippen LogP contribution in [0.2, 0.25) is 0 Å². The first-order valence-electron chi connectivity index (χ1n) is 3.94. The van der Waals surface area contributed by atoms with Crippen LogP contribution in [0.25, 0.3) is 0 Å². The summed E-state index contributed by atoms with van der Waals surface area (Å²) < 4.78 is 28.0. The van der Waals surface area contributed by atoms with E-state index < -0.39 is 10.1 Å². The molecular weight excluding hydrogens is 272 g/mol. The molecule has 0 saturated heterocycles. The molecule has 1 aromatic rings. The summed E-state index contributed by atoms with van der Waals surface area (Å²) >= 11 is 0. The van der Waals surface area contributed by atoms with Gasteiger partial charge in [-0.1, -0.05) is 13.3 Å². The van der Waals surface area contributed by atoms with Crippen molar-refractivity contribution < 1.29 is 13.0 Å². The van der Waals surface area contributed by atoms with Gasteiger partial charge in [0.25, 0.3) is 10.1 Å². The lowest BCUT2D eigenvalue weighted by atomic mass is 10.4. The van der Waals surface area contributed by atoms with Crippen molar-refractivity contribution in [3.05, 3.63) is 18.7 Å². The number of H-pyrrole nitrogens is 1. The molecule has 14 heavy (non-hydrogen) atoms. The Hall–Kier alpha value is -0.400. The molecule has 0 aromatic carbocycles. The third-order valence-corrected chi connectivity index (χ3v) is 1.97. The molecule has 7 heteroatoms. The summed E-state index contributed by atoms with van der Waals surface area (Å²) in [5.41, 5.74) is 0. The van der Waals surface area contributed by atoms with Crippen LogP contribution in [0, 0.1) is 0 Å². The lowest BCUT2D eigenvalue weighted by molar-refractivity contribution is 0.480. The first-order chi connectivity index (χ1) is 6.06. The Morgan fingerprint density at radius 3 is 2.29 bits per heavy atom. The Balaban J connectivity index is 0. The summed E-state index contributed by atoms with van der Waals surface area (Å²) in [5, 5.41) is 0. The zero-order valence-electron chi connectivity index (χ0n) is 7.88. The number of nitrogens with zero attached hydrogens (tertiary/aromatic N) is 1. The fraction of sp³-hybridized carbons (Fsp3) is 0.571. The molecule has 0 atom stereocenters. The van der Waals surface area contributed by atoms with Crippen molar-refractivity contribution in [2.75, 3.05) is 5.75 Å². The number of imidazole rings is 1. The fourth-order valence-electron chi connectivity index (χ4n) is 0.542. The average Bonchev–Trinajstić information content (AvgIpc) is 2.56. The highest BCUT2D eigenvalue weighted by molar-refractivity contribution is 8.93. The number of aromatic amines is 1. The van der Waals surface area contributed by atoms with Crippen molar-refractivity contribution in [3.8, 4) is 0 Å². The summed E-state index contributed by atoms with van der Waals surface area (Å²) in [6.07, 6.45) is 6.42. The molecule has 2 N–H and O–H groups in total. The van der Waals surface area contributed by atoms with Gasteiger partial charge in [-0.2, -0.15) is 8.42 Å². The van der Waals surface area contributed by atoms with Gasteiger partial charge in [0.15, 0.2) is 0 Å². The molecule has 84 valence electrons. The standard InChI is InChI=1S/C4H10O3S.C3H4N2.BrH/c1-2-3-4-8(5,6)7;1-2-5-3-4-1;/h2-4H2,1H3,(H,5,6,7);1-3H,(H,4,5);1H. The summed E-state index contributed by atoms with van der Waals surface area (Å²) in [7, 11) is -3.69. The van der Waals surface area contributed by atoms with E-state index in [1.165, 1.54) is 0 Å². The molecule has 0 aliphatic heterocycles. The van der Waals surface area contributed by atoms with Crippen molar-refractivity contribution in [1.82, 2.24) is 9.97 Å². The molecular formula is C7H15BrN2O3S. The van der Waals surface area contributed by atoms with E-state index in [-0.39, 0.29) is 22.7 Å². The van der Waals surface area contributed by atoms with E-state index in [2.05, 4.69) is 9.97 Å². The minimum atomic E-state index is -3.69. The molecule has 1 aromatic heterocycles. The number of halogens is 1. The van der Waals surface area contributed by atoms with E-state index in [1.54, 1.807) is 18.7 Å². The van der Waals surface area contributed by atoms with Gasteiger partial charge in [-0.05, 0) is 6.42 Å². The average molecular weight is 287 g/mol. The largest absolute Gasteiger partial charge is 0.351 e. The highest BCUT2D eigenvalue weighted by Gasteiger charge is 2.00. The normalized spacial score (nSPS) is 9.57. The summed E-state index contributed by atoms with van der Waals surface area (Å²) in [4.78, 5) is 6.42. The van der Waals surface area contributed by atoms with E-state index in [1.807, 2.05) is 6.92 Å². The second-order valence-electron chi connectivity index (χ2n) is 2.40. The van der Waals surface area contributed by atoms with Gasteiger partial charge in [0.2, 0.25) is 0 Å². The van der Waals surface area contributed by atoms with E-state index in [0.717, 1.165) is 6.42 Å². The van der Waals surface area contributed by atoms with Gasteiger partial charge in [0, 0.05) is 12.4 Å². The van der Waals surface area contributed by atoms with Crippen LogP contribution in [0.1, 0.15) is 19.8 Å². The number of unbranched alkanes of at least 4 members (excludes halogenated alkanes) is 1. The SMILES string of the molecule is Br.CCCCS(=O)(=O)O.c1c[nH]cn1. The molecule has 5 nitrogen and oxygen atoms in total. The molecule has 0 radical (unpaired) electrons. The van der Waals surface area contributed by atoms with Crippen LogP contribution < -0.4 is 0 Å². The maximum atomic E-state index is 9.95. The summed E-state index contributed by atoms with van der Waals surface area (Å²) in [5.74, 6) is -0.108. The topological polar surface area (TPSA) is 83.0 Å². The number of hydrogen-bond acceptors (Lipinski definition) is 3. The molecule has 0 spiro atoms. The maximum Gasteiger partial charge on any atom is 0.264 e. The van der Waals surface area contributed by atoms with Gasteiger partial charge in [0.05, 0.1) is 12.1 Å². The second-order valence-corrected chi connectivity index (χ2v) is 3.97. The molecule has 0 amide bonds. The van der Waals surface area contributed by atoms with E-state index in [0.29, 0.717) is 6.42 Å². The van der Waals surface area contributed by atoms with Gasteiger partial charge in [-0.25, -0.2) is 4.98 Å². The molecule has 0 bridgehead atoms. The number of hydrogen-bond donors (Lipinski definition) is 2. The molecule has 0 aliphatic rings. The predicted molar refractivity (Wildman–Crippen MR) is 60.2 cm³/mol. The van der Waals surface area contributed by atoms with Crippen LogP contribution in [0.5, 0.6) is 0 Å². The number of rotatable bonds is 3. The van der Waals surface area contributed by atoms with E-state index in [4.69, 9.17) is 4.55 Å². The quantitative estimate of drug-likeness (QED) is 0.828. The molecule has 1 rings (SSSR count). The Morgan fingerprint density at radius 1 is 1.50 bits per heavy atom. The Bertz CT molecular complexity index is 269. The van der Waals surface area contributed by atoms with Gasteiger partial charge < -0.3 is 4.98 Å². The van der Waals surface area contributed by atoms with E-state index >= 15 is 0 Å². The second kappa shape index (κ2) is 9.17. The molecule has 0 aliphatic carbocycles. The Kier molecular flexibility index (Phi) is 10.5. The van der Waals surface area contributed by atoms with Crippen LogP contribution in [0.3, 0.4) is 0 Å². The monoisotopic (exact) mass is 286 g/mol. The Labute approximate surface area is 94.5 Å². The predicted octanol–water partition coefficient (Wildman–Crippen LogP) is 1.66. The third kappa shape index (κ3) is 14.1. The van der Waals surface area contributed by atoms with Crippen LogP contribution in [-0.2, 0) is 10.1 Å². The fourth-order valence-corrected chi connectivity index (χ4v) is 1.20. The molecule has 0 fully saturated rings. The summed E-state index contributed by atoms with van der Waals surface area (Å²) in [6, 6.07) is 0. The maximum absolute atomic E-state index is 9.95. The third-order valence-electron chi connectivity index (χ3n) is 1.16. The zero-order chi connectivity index (χ0) is 10.2. The number of nitrogens with one attached hydrogen (secondary N) is 1. The van der Waals surface area contributed by atoms with Gasteiger partial charge in [0.1, 0.15) is 0 Å². The lowest BCUT2D eigenvalue weighted by Gasteiger charge is -1.90. The van der Waals surface area contributed by atoms with Crippen molar-refractivity contribution in [2.24, 2.45) is 0 Å². The smallest absolute Gasteiger partial charge is 0.264 e. The highest BCUT2D eigenvalue weighted by Crippen LogP contribution is 1.90. The van der Waals surface area contributed by atoms with Crippen LogP contribution in [-0.4, -0.2) is 28.7 Å². The van der Waals surface area contributed by atoms with E-state index in [9.17, 15) is 8.42 Å². The molecule has 0 saturated carbocycles. The minimum absolute atomic E-state index is 0. The van der Waals surface area contributed by atoms with Gasteiger partial charge in [-0.15, -0.1) is 17.0 Å². The first-order valence-corrected chi connectivity index (χ1v) is 5.55. The van der Waals surface area contributed by atoms with Crippen molar-refractivity contribution in [2.45, 2.75) is 19.8 Å².